The first kappa shape index (κ1) is 14.4. The van der Waals surface area contributed by atoms with Crippen LogP contribution < -0.4 is 0 Å². The van der Waals surface area contributed by atoms with Gasteiger partial charge < -0.3 is 0 Å². The zero-order valence-electron chi connectivity index (χ0n) is 10.2. The molecule has 0 aromatic rings. The Morgan fingerprint density at radius 2 is 1.21 bits per heavy atom. The van der Waals surface area contributed by atoms with Crippen molar-refractivity contribution in [3.05, 3.63) is 0 Å². The Labute approximate surface area is 92.3 Å². The van der Waals surface area contributed by atoms with Crippen molar-refractivity contribution in [3.63, 3.8) is 0 Å². The maximum absolute atomic E-state index is 11.4. The van der Waals surface area contributed by atoms with Crippen molar-refractivity contribution in [2.45, 2.75) is 74.9 Å². The monoisotopic (exact) mass is 262 g/mol. The van der Waals surface area contributed by atoms with E-state index < -0.39 is 13.5 Å². The fourth-order valence-corrected chi connectivity index (χ4v) is 3.69. The van der Waals surface area contributed by atoms with Gasteiger partial charge in [-0.15, -0.1) is 0 Å². The molecule has 0 heterocycles. The normalized spacial score (nSPS) is 11.9. The standard InChI is InChI=1S/C12H27AsO/c1-4-5-6-7-8-9-10-11-12-13(2,3)14/h4-12H2,1-3H3. The average Bonchev–Trinajstić information content (AvgIpc) is 2.08. The fraction of sp³-hybridized carbons (Fsp3) is 1.00. The molecule has 86 valence electrons. The molecule has 0 radical (unpaired) electrons. The summed E-state index contributed by atoms with van der Waals surface area (Å²) in [5.41, 5.74) is 3.92. The van der Waals surface area contributed by atoms with Crippen molar-refractivity contribution in [2.75, 3.05) is 0 Å². The molecule has 2 heteroatoms. The van der Waals surface area contributed by atoms with Gasteiger partial charge in [0, 0.05) is 0 Å². The van der Waals surface area contributed by atoms with E-state index in [1.165, 1.54) is 51.4 Å². The van der Waals surface area contributed by atoms with Crippen molar-refractivity contribution >= 4 is 13.5 Å². The molecule has 0 spiro atoms. The van der Waals surface area contributed by atoms with E-state index >= 15 is 0 Å². The molecule has 0 aliphatic heterocycles. The zero-order valence-corrected chi connectivity index (χ0v) is 12.1. The average molecular weight is 262 g/mol. The zero-order chi connectivity index (χ0) is 10.9. The summed E-state index contributed by atoms with van der Waals surface area (Å²) in [6.07, 6.45) is 10.7. The summed E-state index contributed by atoms with van der Waals surface area (Å²) >= 11 is -2.29. The number of rotatable bonds is 9. The third-order valence-corrected chi connectivity index (χ3v) is 5.47. The molecule has 0 bridgehead atoms. The van der Waals surface area contributed by atoms with Crippen molar-refractivity contribution in [1.29, 1.82) is 0 Å². The van der Waals surface area contributed by atoms with E-state index in [0.717, 1.165) is 5.21 Å². The molecule has 1 nitrogen and oxygen atoms in total. The van der Waals surface area contributed by atoms with Crippen molar-refractivity contribution in [2.24, 2.45) is 0 Å². The van der Waals surface area contributed by atoms with E-state index in [4.69, 9.17) is 0 Å². The predicted molar refractivity (Wildman–Crippen MR) is 65.6 cm³/mol. The van der Waals surface area contributed by atoms with Crippen LogP contribution in [0.2, 0.25) is 16.6 Å². The molecule has 0 amide bonds. The Hall–Kier alpha value is 0.358. The van der Waals surface area contributed by atoms with E-state index in [1.807, 2.05) is 11.4 Å². The summed E-state index contributed by atoms with van der Waals surface area (Å²) in [5.74, 6) is 0. The summed E-state index contributed by atoms with van der Waals surface area (Å²) < 4.78 is 11.4. The van der Waals surface area contributed by atoms with Gasteiger partial charge in [0.05, 0.1) is 0 Å². The molecule has 0 fully saturated rings. The molecular formula is C12H27AsO. The first-order chi connectivity index (χ1) is 6.56. The van der Waals surface area contributed by atoms with E-state index in [1.54, 1.807) is 0 Å². The summed E-state index contributed by atoms with van der Waals surface area (Å²) in [6.45, 7) is 2.25. The van der Waals surface area contributed by atoms with Crippen molar-refractivity contribution in [3.8, 4) is 0 Å². The van der Waals surface area contributed by atoms with Gasteiger partial charge in [0.15, 0.2) is 0 Å². The van der Waals surface area contributed by atoms with Crippen LogP contribution in [0.15, 0.2) is 0 Å². The topological polar surface area (TPSA) is 17.1 Å². The molecule has 0 aromatic heterocycles. The summed E-state index contributed by atoms with van der Waals surface area (Å²) in [6, 6.07) is 0. The van der Waals surface area contributed by atoms with E-state index in [0.29, 0.717) is 0 Å². The molecule has 0 aliphatic carbocycles. The summed E-state index contributed by atoms with van der Waals surface area (Å²) in [4.78, 5) is 0. The van der Waals surface area contributed by atoms with Crippen LogP contribution >= 0.6 is 0 Å². The predicted octanol–water partition coefficient (Wildman–Crippen LogP) is 4.76. The minimum atomic E-state index is -2.29. The Kier molecular flexibility index (Phi) is 8.87. The van der Waals surface area contributed by atoms with Crippen LogP contribution in [0.1, 0.15) is 58.3 Å². The Bertz CT molecular complexity index is 160. The molecule has 0 atom stereocenters. The van der Waals surface area contributed by atoms with Gasteiger partial charge >= 0.3 is 92.2 Å². The van der Waals surface area contributed by atoms with Crippen LogP contribution in [-0.2, 0) is 3.74 Å². The Balaban J connectivity index is 3.03. The molecule has 0 rings (SSSR count). The Morgan fingerprint density at radius 3 is 1.64 bits per heavy atom. The minimum absolute atomic E-state index is 1.01. The van der Waals surface area contributed by atoms with Gasteiger partial charge in [0.1, 0.15) is 0 Å². The van der Waals surface area contributed by atoms with Crippen LogP contribution in [0.4, 0.5) is 0 Å². The van der Waals surface area contributed by atoms with Crippen LogP contribution in [-0.4, -0.2) is 13.5 Å². The van der Waals surface area contributed by atoms with Gasteiger partial charge in [-0.2, -0.15) is 0 Å². The molecule has 0 N–H and O–H groups in total. The third-order valence-electron chi connectivity index (χ3n) is 2.55. The molecule has 0 saturated heterocycles. The maximum atomic E-state index is 11.4. The molecule has 0 aliphatic rings. The summed E-state index contributed by atoms with van der Waals surface area (Å²) in [5, 5.41) is 1.01. The van der Waals surface area contributed by atoms with E-state index in [2.05, 4.69) is 6.92 Å². The quantitative estimate of drug-likeness (QED) is 0.432. The van der Waals surface area contributed by atoms with E-state index in [9.17, 15) is 3.74 Å². The first-order valence-electron chi connectivity index (χ1n) is 6.10. The molecular weight excluding hydrogens is 235 g/mol. The van der Waals surface area contributed by atoms with Crippen LogP contribution in [0.5, 0.6) is 0 Å². The first-order valence-corrected chi connectivity index (χ1v) is 11.9. The number of unbranched alkanes of at least 4 members (excludes halogenated alkanes) is 7. The Morgan fingerprint density at radius 1 is 0.786 bits per heavy atom. The SMILES string of the molecule is CCCCCCCCCC[As](C)(C)=O. The van der Waals surface area contributed by atoms with Gasteiger partial charge in [-0.3, -0.25) is 0 Å². The van der Waals surface area contributed by atoms with Crippen molar-refractivity contribution < 1.29 is 3.74 Å². The number of hydrogen-bond donors (Lipinski definition) is 0. The van der Waals surface area contributed by atoms with E-state index in [-0.39, 0.29) is 0 Å². The van der Waals surface area contributed by atoms with Gasteiger partial charge in [-0.05, 0) is 0 Å². The van der Waals surface area contributed by atoms with Crippen LogP contribution in [0, 0.1) is 0 Å². The van der Waals surface area contributed by atoms with Gasteiger partial charge in [-0.25, -0.2) is 0 Å². The van der Waals surface area contributed by atoms with Gasteiger partial charge in [0.2, 0.25) is 0 Å². The fourth-order valence-electron chi connectivity index (χ4n) is 1.63. The number of hydrogen-bond acceptors (Lipinski definition) is 1. The van der Waals surface area contributed by atoms with Crippen LogP contribution in [0.3, 0.4) is 0 Å². The van der Waals surface area contributed by atoms with Crippen LogP contribution in [0.25, 0.3) is 0 Å². The molecule has 0 aromatic carbocycles. The second-order valence-corrected chi connectivity index (χ2v) is 12.3. The second-order valence-electron chi connectivity index (χ2n) is 4.77. The van der Waals surface area contributed by atoms with Crippen molar-refractivity contribution in [1.82, 2.24) is 0 Å². The second kappa shape index (κ2) is 8.65. The van der Waals surface area contributed by atoms with Gasteiger partial charge in [0.25, 0.3) is 0 Å². The molecule has 0 saturated carbocycles. The third kappa shape index (κ3) is 12.4. The van der Waals surface area contributed by atoms with Gasteiger partial charge in [-0.1, -0.05) is 0 Å². The summed E-state index contributed by atoms with van der Waals surface area (Å²) in [7, 11) is 0. The molecule has 14 heavy (non-hydrogen) atoms. The molecule has 0 unspecified atom stereocenters.